The minimum absolute atomic E-state index is 0.175. The van der Waals surface area contributed by atoms with Gasteiger partial charge in [-0.1, -0.05) is 30.0 Å². The van der Waals surface area contributed by atoms with Gasteiger partial charge in [0.15, 0.2) is 0 Å². The highest BCUT2D eigenvalue weighted by atomic mass is 32.2. The molecule has 0 amide bonds. The van der Waals surface area contributed by atoms with Gasteiger partial charge in [-0.3, -0.25) is 4.79 Å². The molecule has 2 aromatic rings. The minimum Gasteiger partial charge on any atom is -0.290 e. The Labute approximate surface area is 125 Å². The Hall–Kier alpha value is -1.15. The van der Waals surface area contributed by atoms with Crippen LogP contribution in [0.2, 0.25) is 0 Å². The molecule has 1 atom stereocenters. The fourth-order valence-corrected chi connectivity index (χ4v) is 5.88. The van der Waals surface area contributed by atoms with Gasteiger partial charge in [-0.25, -0.2) is 8.42 Å². The number of carbonyl (C=O) groups excluding carboxylic acids is 1. The van der Waals surface area contributed by atoms with Crippen LogP contribution in [0.3, 0.4) is 0 Å². The number of ketones is 1. The molecule has 1 unspecified atom stereocenters. The average Bonchev–Trinajstić information content (AvgIpc) is 2.96. The Morgan fingerprint density at radius 3 is 2.65 bits per heavy atom. The van der Waals surface area contributed by atoms with E-state index >= 15 is 0 Å². The van der Waals surface area contributed by atoms with Crippen LogP contribution in [0.25, 0.3) is 0 Å². The van der Waals surface area contributed by atoms with Crippen molar-refractivity contribution in [2.24, 2.45) is 0 Å². The number of nitrogens with zero attached hydrogens (tertiary/aromatic N) is 1. The lowest BCUT2D eigenvalue weighted by Crippen LogP contribution is -2.42. The van der Waals surface area contributed by atoms with E-state index in [-0.39, 0.29) is 10.7 Å². The van der Waals surface area contributed by atoms with Gasteiger partial charge >= 0.3 is 0 Å². The van der Waals surface area contributed by atoms with Crippen molar-refractivity contribution in [3.05, 3.63) is 46.7 Å². The largest absolute Gasteiger partial charge is 0.290 e. The number of thiophene rings is 1. The first-order valence-electron chi connectivity index (χ1n) is 5.83. The summed E-state index contributed by atoms with van der Waals surface area (Å²) in [5.74, 6) is -0.175. The molecule has 1 aliphatic rings. The summed E-state index contributed by atoms with van der Waals surface area (Å²) in [4.78, 5) is 13.9. The summed E-state index contributed by atoms with van der Waals surface area (Å²) in [5, 5.41) is 1.07. The molecule has 0 bridgehead atoms. The number of hydrogen-bond acceptors (Lipinski definition) is 5. The summed E-state index contributed by atoms with van der Waals surface area (Å²) in [5.41, 5.74) is 0. The van der Waals surface area contributed by atoms with Crippen LogP contribution in [0.15, 0.2) is 51.6 Å². The summed E-state index contributed by atoms with van der Waals surface area (Å²) >= 11 is 2.60. The molecule has 0 fully saturated rings. The van der Waals surface area contributed by atoms with E-state index in [0.717, 1.165) is 4.31 Å². The van der Waals surface area contributed by atoms with Crippen molar-refractivity contribution in [3.8, 4) is 0 Å². The van der Waals surface area contributed by atoms with E-state index in [9.17, 15) is 13.2 Å². The molecule has 0 radical (unpaired) electrons. The maximum atomic E-state index is 12.5. The summed E-state index contributed by atoms with van der Waals surface area (Å²) in [6.07, 6.45) is 0. The predicted molar refractivity (Wildman–Crippen MR) is 79.7 cm³/mol. The third-order valence-electron chi connectivity index (χ3n) is 3.06. The lowest BCUT2D eigenvalue weighted by Gasteiger charge is -2.31. The molecular weight excluding hydrogens is 314 g/mol. The van der Waals surface area contributed by atoms with Gasteiger partial charge in [0, 0.05) is 11.9 Å². The van der Waals surface area contributed by atoms with E-state index in [0.29, 0.717) is 9.77 Å². The van der Waals surface area contributed by atoms with Gasteiger partial charge in [0.25, 0.3) is 0 Å². The zero-order valence-electron chi connectivity index (χ0n) is 10.5. The summed E-state index contributed by atoms with van der Waals surface area (Å²) in [7, 11) is -2.16. The van der Waals surface area contributed by atoms with E-state index in [2.05, 4.69) is 0 Å². The lowest BCUT2D eigenvalue weighted by molar-refractivity contribution is 0.0959. The third kappa shape index (κ3) is 2.10. The molecule has 1 aliphatic heterocycles. The number of fused-ring (bicyclic) bond motifs is 1. The van der Waals surface area contributed by atoms with Crippen molar-refractivity contribution in [2.45, 2.75) is 15.2 Å². The van der Waals surface area contributed by atoms with Crippen LogP contribution in [0.5, 0.6) is 0 Å². The Balaban J connectivity index is 2.07. The Morgan fingerprint density at radius 2 is 1.95 bits per heavy atom. The normalized spacial score (nSPS) is 21.4. The van der Waals surface area contributed by atoms with Crippen molar-refractivity contribution >= 4 is 38.9 Å². The minimum atomic E-state index is -3.61. The van der Waals surface area contributed by atoms with Crippen molar-refractivity contribution < 1.29 is 13.2 Å². The standard InChI is InChI=1S/C13H11NO3S3/c1-14-13(12(15)10-6-4-8-18-10)19-9-5-2-3-7-11(9)20(14,16)17/h2-8,13H,1H3. The Bertz CT molecular complexity index is 753. The molecule has 3 rings (SSSR count). The molecule has 7 heteroatoms. The van der Waals surface area contributed by atoms with Crippen molar-refractivity contribution in [3.63, 3.8) is 0 Å². The fraction of sp³-hybridized carbons (Fsp3) is 0.154. The van der Waals surface area contributed by atoms with Crippen LogP contribution >= 0.6 is 23.1 Å². The van der Waals surface area contributed by atoms with Crippen LogP contribution in [0, 0.1) is 0 Å². The van der Waals surface area contributed by atoms with Crippen LogP contribution < -0.4 is 0 Å². The molecule has 0 spiro atoms. The van der Waals surface area contributed by atoms with E-state index < -0.39 is 15.4 Å². The zero-order chi connectivity index (χ0) is 14.3. The summed E-state index contributed by atoms with van der Waals surface area (Å²) in [6, 6.07) is 10.3. The number of rotatable bonds is 2. The van der Waals surface area contributed by atoms with Gasteiger partial charge in [0.05, 0.1) is 9.77 Å². The van der Waals surface area contributed by atoms with Crippen molar-refractivity contribution in [1.82, 2.24) is 4.31 Å². The summed E-state index contributed by atoms with van der Waals surface area (Å²) < 4.78 is 26.1. The number of sulfonamides is 1. The number of carbonyl (C=O) groups is 1. The molecule has 20 heavy (non-hydrogen) atoms. The molecule has 2 heterocycles. The number of Topliss-reactive ketones (excluding diaryl/α,β-unsaturated/α-hetero) is 1. The first-order valence-corrected chi connectivity index (χ1v) is 9.03. The van der Waals surface area contributed by atoms with E-state index in [4.69, 9.17) is 0 Å². The third-order valence-corrected chi connectivity index (χ3v) is 7.45. The highest BCUT2D eigenvalue weighted by Crippen LogP contribution is 2.40. The number of thioether (sulfide) groups is 1. The molecule has 104 valence electrons. The second-order valence-electron chi connectivity index (χ2n) is 4.28. The smallest absolute Gasteiger partial charge is 0.245 e. The first kappa shape index (κ1) is 13.8. The van der Waals surface area contributed by atoms with Gasteiger partial charge in [0.2, 0.25) is 15.8 Å². The maximum absolute atomic E-state index is 12.5. The Morgan fingerprint density at radius 1 is 1.20 bits per heavy atom. The molecule has 0 saturated heterocycles. The van der Waals surface area contributed by atoms with Crippen molar-refractivity contribution in [2.75, 3.05) is 7.05 Å². The topological polar surface area (TPSA) is 54.5 Å². The molecule has 0 saturated carbocycles. The van der Waals surface area contributed by atoms with Crippen LogP contribution in [-0.4, -0.2) is 30.9 Å². The number of benzene rings is 1. The van der Waals surface area contributed by atoms with E-state index in [1.807, 2.05) is 5.38 Å². The second kappa shape index (κ2) is 5.00. The van der Waals surface area contributed by atoms with Gasteiger partial charge in [0.1, 0.15) is 5.37 Å². The lowest BCUT2D eigenvalue weighted by atomic mass is 10.3. The van der Waals surface area contributed by atoms with Crippen LogP contribution in [0.4, 0.5) is 0 Å². The number of likely N-dealkylation sites (N-methyl/N-ethyl adjacent to an activating group) is 1. The number of hydrogen-bond donors (Lipinski definition) is 0. The second-order valence-corrected chi connectivity index (χ2v) is 8.32. The highest BCUT2D eigenvalue weighted by Gasteiger charge is 2.40. The van der Waals surface area contributed by atoms with E-state index in [1.54, 1.807) is 36.4 Å². The SMILES string of the molecule is CN1C(C(=O)c2cccs2)Sc2ccccc2S1(=O)=O. The molecule has 0 aliphatic carbocycles. The zero-order valence-corrected chi connectivity index (χ0v) is 13.0. The molecule has 1 aromatic heterocycles. The predicted octanol–water partition coefficient (Wildman–Crippen LogP) is 2.68. The monoisotopic (exact) mass is 325 g/mol. The van der Waals surface area contributed by atoms with Gasteiger partial charge in [-0.15, -0.1) is 11.3 Å². The first-order chi connectivity index (χ1) is 9.51. The average molecular weight is 325 g/mol. The maximum Gasteiger partial charge on any atom is 0.245 e. The van der Waals surface area contributed by atoms with Gasteiger partial charge in [-0.2, -0.15) is 4.31 Å². The molecular formula is C13H11NO3S3. The summed E-state index contributed by atoms with van der Waals surface area (Å²) in [6.45, 7) is 0. The quantitative estimate of drug-likeness (QED) is 0.797. The Kier molecular flexibility index (Phi) is 3.45. The van der Waals surface area contributed by atoms with Crippen LogP contribution in [0.1, 0.15) is 9.67 Å². The fourth-order valence-electron chi connectivity index (χ4n) is 2.00. The molecule has 1 aromatic carbocycles. The van der Waals surface area contributed by atoms with E-state index in [1.165, 1.54) is 30.1 Å². The van der Waals surface area contributed by atoms with Crippen molar-refractivity contribution in [1.29, 1.82) is 0 Å². The van der Waals surface area contributed by atoms with Gasteiger partial charge < -0.3 is 0 Å². The van der Waals surface area contributed by atoms with Crippen LogP contribution in [-0.2, 0) is 10.0 Å². The highest BCUT2D eigenvalue weighted by molar-refractivity contribution is 8.03. The van der Waals surface area contributed by atoms with Gasteiger partial charge in [-0.05, 0) is 23.6 Å². The molecule has 0 N–H and O–H groups in total. The molecule has 4 nitrogen and oxygen atoms in total.